The minimum absolute atomic E-state index is 0.0798. The van der Waals surface area contributed by atoms with Crippen LogP contribution in [-0.4, -0.2) is 33.2 Å². The van der Waals surface area contributed by atoms with Gasteiger partial charge in [0.2, 0.25) is 0 Å². The second-order valence-corrected chi connectivity index (χ2v) is 7.49. The molecule has 0 bridgehead atoms. The van der Waals surface area contributed by atoms with Gasteiger partial charge in [-0.3, -0.25) is 4.79 Å². The van der Waals surface area contributed by atoms with Crippen LogP contribution in [0.15, 0.2) is 36.5 Å². The molecule has 0 unspecified atom stereocenters. The molecule has 1 aromatic carbocycles. The van der Waals surface area contributed by atoms with Crippen LogP contribution in [0.4, 0.5) is 5.69 Å². The normalized spacial score (nSPS) is 11.0. The Kier molecular flexibility index (Phi) is 6.11. The minimum atomic E-state index is -0.617. The lowest BCUT2D eigenvalue weighted by Crippen LogP contribution is -2.21. The predicted molar refractivity (Wildman–Crippen MR) is 112 cm³/mol. The number of ether oxygens (including phenoxy) is 1. The summed E-state index contributed by atoms with van der Waals surface area (Å²) in [5.74, 6) is -1.01. The van der Waals surface area contributed by atoms with E-state index in [2.05, 4.69) is 15.4 Å². The molecule has 1 amide bonds. The monoisotopic (exact) mass is 405 g/mol. The van der Waals surface area contributed by atoms with Crippen LogP contribution in [0.1, 0.15) is 61.3 Å². The zero-order chi connectivity index (χ0) is 21.8. The number of anilines is 1. The first-order chi connectivity index (χ1) is 14.3. The standard InChI is InChI=1S/C22H23N5O3/c1-13(2)19-9-17(18-11-24-27(14(3)4)21(18)26-19)22(29)30-12-20(28)25-16-7-5-6-15(8-16)10-23/h5-9,11,13-14H,12H2,1-4H3,(H,25,28). The van der Waals surface area contributed by atoms with Crippen LogP contribution < -0.4 is 5.32 Å². The third-order valence-electron chi connectivity index (χ3n) is 4.50. The molecule has 0 aliphatic carbocycles. The largest absolute Gasteiger partial charge is 0.452 e. The summed E-state index contributed by atoms with van der Waals surface area (Å²) in [6, 6.07) is 10.3. The Morgan fingerprint density at radius 1 is 1.23 bits per heavy atom. The van der Waals surface area contributed by atoms with Gasteiger partial charge < -0.3 is 10.1 Å². The first-order valence-corrected chi connectivity index (χ1v) is 9.65. The molecule has 0 radical (unpaired) electrons. The van der Waals surface area contributed by atoms with Gasteiger partial charge in [-0.2, -0.15) is 10.4 Å². The lowest BCUT2D eigenvalue weighted by atomic mass is 10.1. The van der Waals surface area contributed by atoms with E-state index in [1.807, 2.05) is 33.8 Å². The summed E-state index contributed by atoms with van der Waals surface area (Å²) in [6.07, 6.45) is 1.59. The molecule has 0 fully saturated rings. The lowest BCUT2D eigenvalue weighted by Gasteiger charge is -2.12. The molecule has 8 heteroatoms. The van der Waals surface area contributed by atoms with Crippen molar-refractivity contribution in [3.63, 3.8) is 0 Å². The Balaban J connectivity index is 1.79. The maximum Gasteiger partial charge on any atom is 0.339 e. The van der Waals surface area contributed by atoms with E-state index in [-0.39, 0.29) is 12.0 Å². The van der Waals surface area contributed by atoms with E-state index in [1.54, 1.807) is 41.2 Å². The van der Waals surface area contributed by atoms with E-state index in [1.165, 1.54) is 0 Å². The molecule has 3 rings (SSSR count). The Morgan fingerprint density at radius 3 is 2.67 bits per heavy atom. The molecule has 0 aliphatic heterocycles. The Hall–Kier alpha value is -3.73. The number of carbonyl (C=O) groups excluding carboxylic acids is 2. The molecule has 0 aliphatic rings. The van der Waals surface area contributed by atoms with Gasteiger partial charge in [-0.1, -0.05) is 19.9 Å². The smallest absolute Gasteiger partial charge is 0.339 e. The number of fused-ring (bicyclic) bond motifs is 1. The fraction of sp³-hybridized carbons (Fsp3) is 0.318. The number of rotatable bonds is 6. The number of hydrogen-bond acceptors (Lipinski definition) is 6. The van der Waals surface area contributed by atoms with Crippen LogP contribution in [0.25, 0.3) is 11.0 Å². The highest BCUT2D eigenvalue weighted by Gasteiger charge is 2.20. The van der Waals surface area contributed by atoms with Crippen molar-refractivity contribution < 1.29 is 14.3 Å². The molecule has 0 atom stereocenters. The Morgan fingerprint density at radius 2 is 2.00 bits per heavy atom. The summed E-state index contributed by atoms with van der Waals surface area (Å²) in [4.78, 5) is 29.6. The quantitative estimate of drug-likeness (QED) is 0.625. The van der Waals surface area contributed by atoms with Crippen molar-refractivity contribution in [2.45, 2.75) is 39.7 Å². The van der Waals surface area contributed by atoms with Crippen molar-refractivity contribution in [2.75, 3.05) is 11.9 Å². The topological polar surface area (TPSA) is 110 Å². The van der Waals surface area contributed by atoms with Crippen molar-refractivity contribution in [2.24, 2.45) is 0 Å². The molecular weight excluding hydrogens is 382 g/mol. The predicted octanol–water partition coefficient (Wildman–Crippen LogP) is 3.80. The molecule has 0 saturated carbocycles. The number of amides is 1. The van der Waals surface area contributed by atoms with Crippen LogP contribution in [-0.2, 0) is 9.53 Å². The summed E-state index contributed by atoms with van der Waals surface area (Å²) >= 11 is 0. The molecule has 2 aromatic heterocycles. The molecule has 1 N–H and O–H groups in total. The average molecular weight is 405 g/mol. The van der Waals surface area contributed by atoms with Gasteiger partial charge in [-0.05, 0) is 44.0 Å². The fourth-order valence-electron chi connectivity index (χ4n) is 2.95. The number of nitrogens with zero attached hydrogens (tertiary/aromatic N) is 4. The van der Waals surface area contributed by atoms with Crippen LogP contribution in [0.2, 0.25) is 0 Å². The Bertz CT molecular complexity index is 1140. The van der Waals surface area contributed by atoms with Crippen LogP contribution in [0, 0.1) is 11.3 Å². The highest BCUT2D eigenvalue weighted by atomic mass is 16.5. The number of hydrogen-bond donors (Lipinski definition) is 1. The van der Waals surface area contributed by atoms with Gasteiger partial charge in [0.05, 0.1) is 28.8 Å². The molecular formula is C22H23N5O3. The number of aromatic nitrogens is 3. The van der Waals surface area contributed by atoms with Crippen LogP contribution in [0.3, 0.4) is 0 Å². The fourth-order valence-corrected chi connectivity index (χ4v) is 2.95. The SMILES string of the molecule is CC(C)c1cc(C(=O)OCC(=O)Nc2cccc(C#N)c2)c2cnn(C(C)C)c2n1. The summed E-state index contributed by atoms with van der Waals surface area (Å²) in [6.45, 7) is 7.50. The highest BCUT2D eigenvalue weighted by Crippen LogP contribution is 2.25. The summed E-state index contributed by atoms with van der Waals surface area (Å²) in [5, 5.41) is 16.5. The van der Waals surface area contributed by atoms with Gasteiger partial charge in [-0.25, -0.2) is 14.5 Å². The van der Waals surface area contributed by atoms with Crippen molar-refractivity contribution in [3.05, 3.63) is 53.3 Å². The van der Waals surface area contributed by atoms with Gasteiger partial charge in [0.25, 0.3) is 5.91 Å². The van der Waals surface area contributed by atoms with Gasteiger partial charge in [0.1, 0.15) is 0 Å². The third-order valence-corrected chi connectivity index (χ3v) is 4.50. The summed E-state index contributed by atoms with van der Waals surface area (Å²) < 4.78 is 7.01. The molecule has 8 nitrogen and oxygen atoms in total. The van der Waals surface area contributed by atoms with E-state index in [4.69, 9.17) is 10.00 Å². The molecule has 2 heterocycles. The minimum Gasteiger partial charge on any atom is -0.452 e. The first-order valence-electron chi connectivity index (χ1n) is 9.65. The second-order valence-electron chi connectivity index (χ2n) is 7.49. The maximum absolute atomic E-state index is 12.8. The van der Waals surface area contributed by atoms with E-state index in [0.29, 0.717) is 27.8 Å². The molecule has 30 heavy (non-hydrogen) atoms. The maximum atomic E-state index is 12.8. The van der Waals surface area contributed by atoms with Gasteiger partial charge in [0, 0.05) is 17.4 Å². The summed E-state index contributed by atoms with van der Waals surface area (Å²) in [5.41, 5.74) is 2.57. The number of esters is 1. The van der Waals surface area contributed by atoms with Crippen molar-refractivity contribution in [1.82, 2.24) is 14.8 Å². The van der Waals surface area contributed by atoms with Gasteiger partial charge >= 0.3 is 5.97 Å². The molecule has 0 spiro atoms. The zero-order valence-corrected chi connectivity index (χ0v) is 17.3. The number of benzene rings is 1. The van der Waals surface area contributed by atoms with Gasteiger partial charge in [0.15, 0.2) is 12.3 Å². The van der Waals surface area contributed by atoms with Crippen molar-refractivity contribution in [1.29, 1.82) is 5.26 Å². The third kappa shape index (κ3) is 4.46. The van der Waals surface area contributed by atoms with E-state index in [0.717, 1.165) is 5.69 Å². The van der Waals surface area contributed by atoms with E-state index in [9.17, 15) is 9.59 Å². The summed E-state index contributed by atoms with van der Waals surface area (Å²) in [7, 11) is 0. The number of pyridine rings is 1. The second kappa shape index (κ2) is 8.74. The Labute approximate surface area is 174 Å². The number of nitrogens with one attached hydrogen (secondary N) is 1. The molecule has 0 saturated heterocycles. The average Bonchev–Trinajstić information content (AvgIpc) is 3.15. The van der Waals surface area contributed by atoms with Crippen molar-refractivity contribution in [3.8, 4) is 6.07 Å². The van der Waals surface area contributed by atoms with Crippen LogP contribution in [0.5, 0.6) is 0 Å². The zero-order valence-electron chi connectivity index (χ0n) is 17.3. The first kappa shape index (κ1) is 21.0. The van der Waals surface area contributed by atoms with E-state index >= 15 is 0 Å². The van der Waals surface area contributed by atoms with Gasteiger partial charge in [-0.15, -0.1) is 0 Å². The number of nitriles is 1. The van der Waals surface area contributed by atoms with E-state index < -0.39 is 18.5 Å². The van der Waals surface area contributed by atoms with Crippen LogP contribution >= 0.6 is 0 Å². The highest BCUT2D eigenvalue weighted by molar-refractivity contribution is 6.03. The molecule has 154 valence electrons. The van der Waals surface area contributed by atoms with Crippen molar-refractivity contribution >= 4 is 28.6 Å². The lowest BCUT2D eigenvalue weighted by molar-refractivity contribution is -0.119. The number of carbonyl (C=O) groups is 2. The molecule has 3 aromatic rings.